The van der Waals surface area contributed by atoms with Crippen LogP contribution in [0.25, 0.3) is 0 Å². The predicted octanol–water partition coefficient (Wildman–Crippen LogP) is 2.66. The molecule has 0 unspecified atom stereocenters. The second kappa shape index (κ2) is 7.40. The SMILES string of the molecule is C=CCNc1ncc(C(=O)NCc2ccc(Cl)cc2)cn1. The molecule has 0 spiro atoms. The summed E-state index contributed by atoms with van der Waals surface area (Å²) in [5, 5.41) is 6.41. The van der Waals surface area contributed by atoms with Crippen LogP contribution < -0.4 is 10.6 Å². The molecule has 0 bridgehead atoms. The van der Waals surface area contributed by atoms with Gasteiger partial charge >= 0.3 is 0 Å². The van der Waals surface area contributed by atoms with Gasteiger partial charge in [-0.15, -0.1) is 6.58 Å². The van der Waals surface area contributed by atoms with Gasteiger partial charge in [0.25, 0.3) is 5.91 Å². The van der Waals surface area contributed by atoms with E-state index in [2.05, 4.69) is 27.2 Å². The lowest BCUT2D eigenvalue weighted by Gasteiger charge is -2.06. The van der Waals surface area contributed by atoms with Crippen LogP contribution in [0.5, 0.6) is 0 Å². The summed E-state index contributed by atoms with van der Waals surface area (Å²) in [6.45, 7) is 4.58. The number of carbonyl (C=O) groups excluding carboxylic acids is 1. The first kappa shape index (κ1) is 15.0. The normalized spacial score (nSPS) is 9.95. The number of nitrogens with one attached hydrogen (secondary N) is 2. The summed E-state index contributed by atoms with van der Waals surface area (Å²) < 4.78 is 0. The highest BCUT2D eigenvalue weighted by atomic mass is 35.5. The first-order valence-corrected chi connectivity index (χ1v) is 6.76. The second-order valence-corrected chi connectivity index (χ2v) is 4.71. The monoisotopic (exact) mass is 302 g/mol. The molecule has 0 fully saturated rings. The van der Waals surface area contributed by atoms with Gasteiger partial charge < -0.3 is 10.6 Å². The molecule has 0 aliphatic heterocycles. The third-order valence-corrected chi connectivity index (χ3v) is 2.94. The molecule has 2 rings (SSSR count). The van der Waals surface area contributed by atoms with Crippen LogP contribution in [0.1, 0.15) is 15.9 Å². The first-order valence-electron chi connectivity index (χ1n) is 6.38. The Morgan fingerprint density at radius 1 is 1.24 bits per heavy atom. The Balaban J connectivity index is 1.90. The van der Waals surface area contributed by atoms with Crippen LogP contribution in [0, 0.1) is 0 Å². The van der Waals surface area contributed by atoms with Crippen molar-refractivity contribution in [2.75, 3.05) is 11.9 Å². The number of aromatic nitrogens is 2. The number of hydrogen-bond donors (Lipinski definition) is 2. The maximum Gasteiger partial charge on any atom is 0.254 e. The Kier molecular flexibility index (Phi) is 5.29. The van der Waals surface area contributed by atoms with E-state index < -0.39 is 0 Å². The Bertz CT molecular complexity index is 611. The minimum Gasteiger partial charge on any atom is -0.351 e. The predicted molar refractivity (Wildman–Crippen MR) is 83.3 cm³/mol. The number of anilines is 1. The second-order valence-electron chi connectivity index (χ2n) is 4.27. The zero-order valence-corrected chi connectivity index (χ0v) is 12.1. The van der Waals surface area contributed by atoms with Gasteiger partial charge in [0.1, 0.15) is 0 Å². The van der Waals surface area contributed by atoms with E-state index in [9.17, 15) is 4.79 Å². The largest absolute Gasteiger partial charge is 0.351 e. The van der Waals surface area contributed by atoms with Gasteiger partial charge in [0, 0.05) is 30.5 Å². The van der Waals surface area contributed by atoms with E-state index in [1.807, 2.05) is 12.1 Å². The molecule has 0 aliphatic carbocycles. The van der Waals surface area contributed by atoms with Gasteiger partial charge in [0.15, 0.2) is 0 Å². The van der Waals surface area contributed by atoms with E-state index in [4.69, 9.17) is 11.6 Å². The zero-order chi connectivity index (χ0) is 15.1. The lowest BCUT2D eigenvalue weighted by molar-refractivity contribution is 0.0950. The molecule has 108 valence electrons. The summed E-state index contributed by atoms with van der Waals surface area (Å²) in [5.74, 6) is 0.240. The standard InChI is InChI=1S/C15H15ClN4O/c1-2-7-17-15-19-9-12(10-20-15)14(21)18-8-11-3-5-13(16)6-4-11/h2-6,9-10H,1,7-8H2,(H,18,21)(H,17,19,20). The first-order chi connectivity index (χ1) is 10.2. The Labute approximate surface area is 128 Å². The van der Waals surface area contributed by atoms with E-state index in [-0.39, 0.29) is 5.91 Å². The summed E-state index contributed by atoms with van der Waals surface area (Å²) in [6, 6.07) is 7.29. The van der Waals surface area contributed by atoms with E-state index in [0.29, 0.717) is 29.6 Å². The van der Waals surface area contributed by atoms with Crippen molar-refractivity contribution in [3.63, 3.8) is 0 Å². The highest BCUT2D eigenvalue weighted by Crippen LogP contribution is 2.09. The van der Waals surface area contributed by atoms with Gasteiger partial charge in [-0.2, -0.15) is 0 Å². The number of hydrogen-bond acceptors (Lipinski definition) is 4. The fourth-order valence-electron chi connectivity index (χ4n) is 1.59. The maximum absolute atomic E-state index is 12.0. The van der Waals surface area contributed by atoms with Gasteiger partial charge in [0.2, 0.25) is 5.95 Å². The van der Waals surface area contributed by atoms with E-state index >= 15 is 0 Å². The van der Waals surface area contributed by atoms with Crippen molar-refractivity contribution in [1.82, 2.24) is 15.3 Å². The van der Waals surface area contributed by atoms with E-state index in [1.54, 1.807) is 18.2 Å². The fourth-order valence-corrected chi connectivity index (χ4v) is 1.71. The molecule has 1 heterocycles. The fraction of sp³-hybridized carbons (Fsp3) is 0.133. The van der Waals surface area contributed by atoms with E-state index in [0.717, 1.165) is 5.56 Å². The third kappa shape index (κ3) is 4.57. The molecule has 5 nitrogen and oxygen atoms in total. The average Bonchev–Trinajstić information content (AvgIpc) is 2.52. The van der Waals surface area contributed by atoms with Crippen molar-refractivity contribution in [1.29, 1.82) is 0 Å². The minimum atomic E-state index is -0.222. The summed E-state index contributed by atoms with van der Waals surface area (Å²) in [6.07, 6.45) is 4.67. The maximum atomic E-state index is 12.0. The van der Waals surface area contributed by atoms with Gasteiger partial charge in [-0.05, 0) is 17.7 Å². The Hall–Kier alpha value is -2.40. The van der Waals surface area contributed by atoms with Crippen LogP contribution in [-0.4, -0.2) is 22.4 Å². The van der Waals surface area contributed by atoms with Crippen LogP contribution in [-0.2, 0) is 6.54 Å². The molecular formula is C15H15ClN4O. The van der Waals surface area contributed by atoms with Crippen molar-refractivity contribution in [2.24, 2.45) is 0 Å². The zero-order valence-electron chi connectivity index (χ0n) is 11.3. The number of benzene rings is 1. The highest BCUT2D eigenvalue weighted by Gasteiger charge is 2.06. The van der Waals surface area contributed by atoms with Crippen LogP contribution in [0.4, 0.5) is 5.95 Å². The number of rotatable bonds is 6. The summed E-state index contributed by atoms with van der Waals surface area (Å²) >= 11 is 5.81. The molecule has 6 heteroatoms. The van der Waals surface area contributed by atoms with Crippen molar-refractivity contribution in [3.8, 4) is 0 Å². The van der Waals surface area contributed by atoms with Gasteiger partial charge in [-0.1, -0.05) is 29.8 Å². The molecular weight excluding hydrogens is 288 g/mol. The number of halogens is 1. The molecule has 1 amide bonds. The van der Waals surface area contributed by atoms with E-state index in [1.165, 1.54) is 12.4 Å². The van der Waals surface area contributed by atoms with Crippen molar-refractivity contribution >= 4 is 23.5 Å². The van der Waals surface area contributed by atoms with Crippen molar-refractivity contribution in [3.05, 3.63) is 65.5 Å². The smallest absolute Gasteiger partial charge is 0.254 e. The molecule has 0 saturated heterocycles. The molecule has 1 aromatic carbocycles. The molecule has 0 atom stereocenters. The Morgan fingerprint density at radius 3 is 2.52 bits per heavy atom. The van der Waals surface area contributed by atoms with Crippen molar-refractivity contribution in [2.45, 2.75) is 6.54 Å². The summed E-state index contributed by atoms with van der Waals surface area (Å²) in [5.41, 5.74) is 1.38. The number of nitrogens with zero attached hydrogens (tertiary/aromatic N) is 2. The molecule has 21 heavy (non-hydrogen) atoms. The molecule has 2 N–H and O–H groups in total. The van der Waals surface area contributed by atoms with Gasteiger partial charge in [0.05, 0.1) is 5.56 Å². The highest BCUT2D eigenvalue weighted by molar-refractivity contribution is 6.30. The quantitative estimate of drug-likeness (QED) is 0.805. The summed E-state index contributed by atoms with van der Waals surface area (Å²) in [4.78, 5) is 20.1. The number of carbonyl (C=O) groups is 1. The van der Waals surface area contributed by atoms with Crippen molar-refractivity contribution < 1.29 is 4.79 Å². The lowest BCUT2D eigenvalue weighted by Crippen LogP contribution is -2.23. The molecule has 0 radical (unpaired) electrons. The molecule has 0 saturated carbocycles. The number of amides is 1. The van der Waals surface area contributed by atoms with Crippen LogP contribution in [0.15, 0.2) is 49.3 Å². The molecule has 2 aromatic rings. The summed E-state index contributed by atoms with van der Waals surface area (Å²) in [7, 11) is 0. The van der Waals surface area contributed by atoms with Crippen LogP contribution in [0.3, 0.4) is 0 Å². The van der Waals surface area contributed by atoms with Crippen LogP contribution >= 0.6 is 11.6 Å². The van der Waals surface area contributed by atoms with Gasteiger partial charge in [-0.25, -0.2) is 9.97 Å². The molecule has 1 aromatic heterocycles. The van der Waals surface area contributed by atoms with Gasteiger partial charge in [-0.3, -0.25) is 4.79 Å². The minimum absolute atomic E-state index is 0.222. The topological polar surface area (TPSA) is 66.9 Å². The Morgan fingerprint density at radius 2 is 1.90 bits per heavy atom. The third-order valence-electron chi connectivity index (χ3n) is 2.68. The van der Waals surface area contributed by atoms with Crippen LogP contribution in [0.2, 0.25) is 5.02 Å². The lowest BCUT2D eigenvalue weighted by atomic mass is 10.2. The average molecular weight is 303 g/mol. The molecule has 0 aliphatic rings.